The van der Waals surface area contributed by atoms with E-state index in [0.29, 0.717) is 25.0 Å². The van der Waals surface area contributed by atoms with Gasteiger partial charge >= 0.3 is 0 Å². The molecule has 0 bridgehead atoms. The molecule has 5 nitrogen and oxygen atoms in total. The Bertz CT molecular complexity index is 590. The van der Waals surface area contributed by atoms with Crippen molar-refractivity contribution in [3.05, 3.63) is 30.1 Å². The first-order valence-corrected chi connectivity index (χ1v) is 9.61. The van der Waals surface area contributed by atoms with Gasteiger partial charge in [-0.2, -0.15) is 0 Å². The summed E-state index contributed by atoms with van der Waals surface area (Å²) in [7, 11) is 0. The molecule has 1 saturated carbocycles. The van der Waals surface area contributed by atoms with Crippen LogP contribution in [0.5, 0.6) is 0 Å². The summed E-state index contributed by atoms with van der Waals surface area (Å²) in [6.07, 6.45) is 10.1. The van der Waals surface area contributed by atoms with Crippen LogP contribution in [0.25, 0.3) is 0 Å². The summed E-state index contributed by atoms with van der Waals surface area (Å²) in [4.78, 5) is 18.8. The van der Waals surface area contributed by atoms with Gasteiger partial charge in [-0.3, -0.25) is 9.78 Å². The number of ether oxygens (including phenoxy) is 2. The van der Waals surface area contributed by atoms with Crippen LogP contribution in [-0.4, -0.2) is 48.2 Å². The molecule has 2 atom stereocenters. The number of piperidine rings is 1. The number of carbonyl (C=O) groups is 1. The second-order valence-electron chi connectivity index (χ2n) is 7.93. The molecular weight excluding hydrogens is 316 g/mol. The number of hydrogen-bond acceptors (Lipinski definition) is 4. The molecule has 0 aromatic carbocycles. The van der Waals surface area contributed by atoms with Crippen molar-refractivity contribution in [2.24, 2.45) is 11.3 Å². The molecule has 3 fully saturated rings. The largest absolute Gasteiger partial charge is 0.377 e. The summed E-state index contributed by atoms with van der Waals surface area (Å²) < 4.78 is 12.2. The second-order valence-corrected chi connectivity index (χ2v) is 7.93. The van der Waals surface area contributed by atoms with E-state index >= 15 is 0 Å². The topological polar surface area (TPSA) is 51.7 Å². The van der Waals surface area contributed by atoms with Gasteiger partial charge < -0.3 is 14.4 Å². The van der Waals surface area contributed by atoms with Crippen molar-refractivity contribution in [1.82, 2.24) is 9.88 Å². The van der Waals surface area contributed by atoms with E-state index in [4.69, 9.17) is 9.47 Å². The third-order valence-corrected chi connectivity index (χ3v) is 5.88. The molecule has 25 heavy (non-hydrogen) atoms. The first kappa shape index (κ1) is 17.0. The molecule has 5 heteroatoms. The van der Waals surface area contributed by atoms with Gasteiger partial charge in [0.05, 0.1) is 19.3 Å². The standard InChI is InChI=1S/C20H28N2O3/c23-19(11-16-4-5-16)22-9-6-18-20(14-22,7-2-10-25-18)15-24-13-17-3-1-8-21-12-17/h1,3,8,12,16,18H,2,4-7,9-11,13-15H2/t18-,20+/m0/s1. The quantitative estimate of drug-likeness (QED) is 0.796. The van der Waals surface area contributed by atoms with Crippen molar-refractivity contribution in [3.8, 4) is 0 Å². The van der Waals surface area contributed by atoms with Crippen LogP contribution in [-0.2, 0) is 20.9 Å². The number of hydrogen-bond donors (Lipinski definition) is 0. The number of amides is 1. The average Bonchev–Trinajstić information content (AvgIpc) is 3.46. The molecule has 1 aliphatic carbocycles. The SMILES string of the molecule is O=C(CC1CC1)N1CC[C@@H]2OCCC[C@]2(COCc2cccnc2)C1. The van der Waals surface area contributed by atoms with Gasteiger partial charge in [0, 0.05) is 43.9 Å². The molecule has 1 amide bonds. The zero-order valence-corrected chi connectivity index (χ0v) is 14.9. The van der Waals surface area contributed by atoms with Crippen molar-refractivity contribution in [2.45, 2.75) is 51.2 Å². The predicted molar refractivity (Wildman–Crippen MR) is 93.8 cm³/mol. The fourth-order valence-corrected chi connectivity index (χ4v) is 4.27. The fraction of sp³-hybridized carbons (Fsp3) is 0.700. The highest BCUT2D eigenvalue weighted by atomic mass is 16.5. The number of nitrogens with zero attached hydrogens (tertiary/aromatic N) is 2. The number of fused-ring (bicyclic) bond motifs is 1. The van der Waals surface area contributed by atoms with Gasteiger partial charge in [0.15, 0.2) is 0 Å². The molecule has 0 unspecified atom stereocenters. The predicted octanol–water partition coefficient (Wildman–Crippen LogP) is 2.80. The molecule has 3 heterocycles. The molecule has 1 aromatic rings. The van der Waals surface area contributed by atoms with Crippen LogP contribution >= 0.6 is 0 Å². The number of likely N-dealkylation sites (tertiary alicyclic amines) is 1. The van der Waals surface area contributed by atoms with E-state index < -0.39 is 0 Å². The summed E-state index contributed by atoms with van der Waals surface area (Å²) in [5.41, 5.74) is 1.04. The van der Waals surface area contributed by atoms with Crippen LogP contribution in [0.4, 0.5) is 0 Å². The first-order chi connectivity index (χ1) is 12.3. The summed E-state index contributed by atoms with van der Waals surface area (Å²) in [6.45, 7) is 3.68. The van der Waals surface area contributed by atoms with Crippen LogP contribution < -0.4 is 0 Å². The lowest BCUT2D eigenvalue weighted by Crippen LogP contribution is -2.58. The second kappa shape index (κ2) is 7.42. The van der Waals surface area contributed by atoms with E-state index in [9.17, 15) is 4.79 Å². The van der Waals surface area contributed by atoms with E-state index in [1.807, 2.05) is 18.3 Å². The summed E-state index contributed by atoms with van der Waals surface area (Å²) in [5.74, 6) is 0.976. The minimum Gasteiger partial charge on any atom is -0.377 e. The Morgan fingerprint density at radius 2 is 2.32 bits per heavy atom. The monoisotopic (exact) mass is 344 g/mol. The van der Waals surface area contributed by atoms with Crippen LogP contribution in [0.3, 0.4) is 0 Å². The summed E-state index contributed by atoms with van der Waals surface area (Å²) in [5, 5.41) is 0. The Morgan fingerprint density at radius 3 is 3.12 bits per heavy atom. The third kappa shape index (κ3) is 4.04. The number of aromatic nitrogens is 1. The van der Waals surface area contributed by atoms with E-state index in [1.54, 1.807) is 6.20 Å². The molecule has 3 aliphatic rings. The van der Waals surface area contributed by atoms with Crippen molar-refractivity contribution >= 4 is 5.91 Å². The Hall–Kier alpha value is -1.46. The molecule has 136 valence electrons. The number of carbonyl (C=O) groups excluding carboxylic acids is 1. The molecule has 1 aromatic heterocycles. The number of pyridine rings is 1. The third-order valence-electron chi connectivity index (χ3n) is 5.88. The van der Waals surface area contributed by atoms with Crippen LogP contribution in [0.15, 0.2) is 24.5 Å². The van der Waals surface area contributed by atoms with E-state index in [0.717, 1.165) is 50.9 Å². The van der Waals surface area contributed by atoms with Gasteiger partial charge in [-0.25, -0.2) is 0 Å². The average molecular weight is 344 g/mol. The molecule has 0 spiro atoms. The highest BCUT2D eigenvalue weighted by molar-refractivity contribution is 5.77. The van der Waals surface area contributed by atoms with Crippen LogP contribution in [0.1, 0.15) is 44.1 Å². The van der Waals surface area contributed by atoms with Gasteiger partial charge in [0.2, 0.25) is 5.91 Å². The Morgan fingerprint density at radius 1 is 1.40 bits per heavy atom. The number of rotatable bonds is 6. The molecule has 2 aliphatic heterocycles. The molecule has 0 N–H and O–H groups in total. The van der Waals surface area contributed by atoms with E-state index in [-0.39, 0.29) is 11.5 Å². The molecule has 2 saturated heterocycles. The summed E-state index contributed by atoms with van der Waals surface area (Å²) >= 11 is 0. The highest BCUT2D eigenvalue weighted by Crippen LogP contribution is 2.41. The van der Waals surface area contributed by atoms with Crippen molar-refractivity contribution in [2.75, 3.05) is 26.3 Å². The first-order valence-electron chi connectivity index (χ1n) is 9.61. The van der Waals surface area contributed by atoms with Gasteiger partial charge in [0.25, 0.3) is 0 Å². The Balaban J connectivity index is 1.39. The van der Waals surface area contributed by atoms with E-state index in [1.165, 1.54) is 12.8 Å². The maximum atomic E-state index is 12.6. The maximum Gasteiger partial charge on any atom is 0.222 e. The van der Waals surface area contributed by atoms with Gasteiger partial charge in [-0.05, 0) is 49.7 Å². The van der Waals surface area contributed by atoms with Crippen molar-refractivity contribution in [1.29, 1.82) is 0 Å². The molecule has 0 radical (unpaired) electrons. The van der Waals surface area contributed by atoms with Crippen molar-refractivity contribution < 1.29 is 14.3 Å². The zero-order valence-electron chi connectivity index (χ0n) is 14.9. The van der Waals surface area contributed by atoms with Gasteiger partial charge in [-0.1, -0.05) is 6.07 Å². The van der Waals surface area contributed by atoms with Crippen molar-refractivity contribution in [3.63, 3.8) is 0 Å². The normalized spacial score (nSPS) is 29.3. The Labute approximate surface area is 149 Å². The summed E-state index contributed by atoms with van der Waals surface area (Å²) in [6, 6.07) is 3.97. The lowest BCUT2D eigenvalue weighted by molar-refractivity contribution is -0.166. The maximum absolute atomic E-state index is 12.6. The van der Waals surface area contributed by atoms with Gasteiger partial charge in [-0.15, -0.1) is 0 Å². The zero-order chi connectivity index (χ0) is 17.1. The van der Waals surface area contributed by atoms with Crippen LogP contribution in [0.2, 0.25) is 0 Å². The fourth-order valence-electron chi connectivity index (χ4n) is 4.27. The molecular formula is C20H28N2O3. The van der Waals surface area contributed by atoms with Crippen LogP contribution in [0, 0.1) is 11.3 Å². The lowest BCUT2D eigenvalue weighted by Gasteiger charge is -2.50. The minimum absolute atomic E-state index is 0.0437. The molecule has 4 rings (SSSR count). The van der Waals surface area contributed by atoms with Gasteiger partial charge in [0.1, 0.15) is 0 Å². The highest BCUT2D eigenvalue weighted by Gasteiger charge is 2.47. The smallest absolute Gasteiger partial charge is 0.222 e. The Kier molecular flexibility index (Phi) is 5.04. The lowest BCUT2D eigenvalue weighted by atomic mass is 9.73. The minimum atomic E-state index is -0.0437. The van der Waals surface area contributed by atoms with E-state index in [2.05, 4.69) is 9.88 Å².